The van der Waals surface area contributed by atoms with Crippen LogP contribution in [-0.4, -0.2) is 27.5 Å². The Hall–Kier alpha value is -1.55. The summed E-state index contributed by atoms with van der Waals surface area (Å²) in [4.78, 5) is 0. The summed E-state index contributed by atoms with van der Waals surface area (Å²) in [7, 11) is 0. The first-order chi connectivity index (χ1) is 10.1. The van der Waals surface area contributed by atoms with Gasteiger partial charge in [0.15, 0.2) is 0 Å². The van der Waals surface area contributed by atoms with Gasteiger partial charge in [-0.05, 0) is 36.1 Å². The molecule has 1 heterocycles. The van der Waals surface area contributed by atoms with Crippen LogP contribution in [0.25, 0.3) is 0 Å². The number of hydrogen-bond donors (Lipinski definition) is 0. The minimum Gasteiger partial charge on any atom is -0.492 e. The van der Waals surface area contributed by atoms with Crippen molar-refractivity contribution in [1.82, 2.24) is 15.0 Å². The minimum absolute atomic E-state index is 0.537. The van der Waals surface area contributed by atoms with Gasteiger partial charge in [-0.3, -0.25) is 0 Å². The Bertz CT molecular complexity index is 581. The van der Waals surface area contributed by atoms with Gasteiger partial charge in [0.25, 0.3) is 0 Å². The van der Waals surface area contributed by atoms with Gasteiger partial charge in [-0.25, -0.2) is 4.68 Å². The van der Waals surface area contributed by atoms with Crippen LogP contribution in [0.1, 0.15) is 36.6 Å². The smallest absolute Gasteiger partial charge is 0.119 e. The average molecular weight is 308 g/mol. The molecule has 0 amide bonds. The second-order valence-electron chi connectivity index (χ2n) is 5.43. The largest absolute Gasteiger partial charge is 0.492 e. The molecule has 0 saturated heterocycles. The molecule has 0 saturated carbocycles. The highest BCUT2D eigenvalue weighted by Gasteiger charge is 2.05. The van der Waals surface area contributed by atoms with E-state index in [9.17, 15) is 0 Å². The Kier molecular flexibility index (Phi) is 5.62. The molecule has 114 valence electrons. The van der Waals surface area contributed by atoms with Crippen molar-refractivity contribution in [2.45, 2.75) is 39.7 Å². The van der Waals surface area contributed by atoms with Gasteiger partial charge in [-0.15, -0.1) is 16.7 Å². The summed E-state index contributed by atoms with van der Waals surface area (Å²) < 4.78 is 7.57. The van der Waals surface area contributed by atoms with E-state index >= 15 is 0 Å². The maximum absolute atomic E-state index is 5.78. The predicted molar refractivity (Wildman–Crippen MR) is 85.2 cm³/mol. The fraction of sp³-hybridized carbons (Fsp3) is 0.500. The van der Waals surface area contributed by atoms with Crippen molar-refractivity contribution in [1.29, 1.82) is 0 Å². The molecule has 5 heteroatoms. The Morgan fingerprint density at radius 2 is 2.14 bits per heavy atom. The first-order valence-electron chi connectivity index (χ1n) is 7.28. The Morgan fingerprint density at radius 1 is 1.33 bits per heavy atom. The van der Waals surface area contributed by atoms with Crippen molar-refractivity contribution in [3.63, 3.8) is 0 Å². The molecule has 1 aromatic carbocycles. The van der Waals surface area contributed by atoms with Crippen molar-refractivity contribution in [3.05, 3.63) is 41.2 Å². The number of benzene rings is 1. The number of rotatable bonds is 7. The first kappa shape index (κ1) is 15.8. The SMILES string of the molecule is Cc1cc(OCCn2cc(CCCl)nn2)ccc1C(C)C. The quantitative estimate of drug-likeness (QED) is 0.734. The van der Waals surface area contributed by atoms with Crippen molar-refractivity contribution in [2.24, 2.45) is 0 Å². The molecule has 21 heavy (non-hydrogen) atoms. The van der Waals surface area contributed by atoms with Gasteiger partial charge in [0.2, 0.25) is 0 Å². The zero-order valence-electron chi connectivity index (χ0n) is 12.8. The van der Waals surface area contributed by atoms with Gasteiger partial charge in [-0.1, -0.05) is 25.1 Å². The summed E-state index contributed by atoms with van der Waals surface area (Å²) in [6.45, 7) is 7.78. The van der Waals surface area contributed by atoms with E-state index in [4.69, 9.17) is 16.3 Å². The van der Waals surface area contributed by atoms with Gasteiger partial charge >= 0.3 is 0 Å². The highest BCUT2D eigenvalue weighted by molar-refractivity contribution is 6.17. The van der Waals surface area contributed by atoms with Crippen LogP contribution in [-0.2, 0) is 13.0 Å². The van der Waals surface area contributed by atoms with Crippen molar-refractivity contribution in [3.8, 4) is 5.75 Å². The molecular weight excluding hydrogens is 286 g/mol. The molecule has 0 spiro atoms. The molecule has 0 fully saturated rings. The van der Waals surface area contributed by atoms with E-state index in [1.807, 2.05) is 12.3 Å². The second kappa shape index (κ2) is 7.46. The van der Waals surface area contributed by atoms with E-state index in [0.717, 1.165) is 17.9 Å². The lowest BCUT2D eigenvalue weighted by molar-refractivity contribution is 0.289. The van der Waals surface area contributed by atoms with Crippen LogP contribution < -0.4 is 4.74 Å². The molecule has 0 N–H and O–H groups in total. The molecule has 2 aromatic rings. The highest BCUT2D eigenvalue weighted by atomic mass is 35.5. The maximum Gasteiger partial charge on any atom is 0.119 e. The molecule has 0 aliphatic heterocycles. The summed E-state index contributed by atoms with van der Waals surface area (Å²) in [5, 5.41) is 8.10. The van der Waals surface area contributed by atoms with E-state index in [1.165, 1.54) is 11.1 Å². The van der Waals surface area contributed by atoms with Crippen LogP contribution in [0.2, 0.25) is 0 Å². The number of nitrogens with zero attached hydrogens (tertiary/aromatic N) is 3. The fourth-order valence-corrected chi connectivity index (χ4v) is 2.50. The monoisotopic (exact) mass is 307 g/mol. The third-order valence-corrected chi connectivity index (χ3v) is 3.58. The topological polar surface area (TPSA) is 39.9 Å². The lowest BCUT2D eigenvalue weighted by Crippen LogP contribution is -2.09. The lowest BCUT2D eigenvalue weighted by Gasteiger charge is -2.12. The molecule has 0 bridgehead atoms. The van der Waals surface area contributed by atoms with E-state index in [1.54, 1.807) is 4.68 Å². The third-order valence-electron chi connectivity index (χ3n) is 3.39. The Balaban J connectivity index is 1.86. The molecule has 4 nitrogen and oxygen atoms in total. The van der Waals surface area contributed by atoms with Crippen molar-refractivity contribution < 1.29 is 4.74 Å². The van der Waals surface area contributed by atoms with Gasteiger partial charge < -0.3 is 4.74 Å². The van der Waals surface area contributed by atoms with E-state index in [2.05, 4.69) is 43.2 Å². The maximum atomic E-state index is 5.78. The Labute approximate surface area is 131 Å². The molecule has 0 radical (unpaired) electrons. The summed E-state index contributed by atoms with van der Waals surface area (Å²) in [5.74, 6) is 2.00. The van der Waals surface area contributed by atoms with Crippen LogP contribution in [0.15, 0.2) is 24.4 Å². The summed E-state index contributed by atoms with van der Waals surface area (Å²) in [6, 6.07) is 6.27. The van der Waals surface area contributed by atoms with Crippen LogP contribution >= 0.6 is 11.6 Å². The minimum atomic E-state index is 0.537. The summed E-state index contributed by atoms with van der Waals surface area (Å²) in [5.41, 5.74) is 3.55. The van der Waals surface area contributed by atoms with Crippen molar-refractivity contribution >= 4 is 11.6 Å². The molecule has 2 rings (SSSR count). The van der Waals surface area contributed by atoms with Crippen molar-refractivity contribution in [2.75, 3.05) is 12.5 Å². The number of alkyl halides is 1. The standard InChI is InChI=1S/C16H22ClN3O/c1-12(2)16-5-4-15(10-13(16)3)21-9-8-20-11-14(6-7-17)18-19-20/h4-5,10-12H,6-9H2,1-3H3. The van der Waals surface area contributed by atoms with Gasteiger partial charge in [0.05, 0.1) is 12.2 Å². The number of hydrogen-bond acceptors (Lipinski definition) is 3. The fourth-order valence-electron chi connectivity index (χ4n) is 2.30. The summed E-state index contributed by atoms with van der Waals surface area (Å²) >= 11 is 5.68. The first-order valence-corrected chi connectivity index (χ1v) is 7.82. The molecule has 0 atom stereocenters. The van der Waals surface area contributed by atoms with Gasteiger partial charge in [-0.2, -0.15) is 0 Å². The van der Waals surface area contributed by atoms with E-state index in [-0.39, 0.29) is 0 Å². The number of halogens is 1. The predicted octanol–water partition coefficient (Wildman–Crippen LogP) is 3.57. The zero-order chi connectivity index (χ0) is 15.2. The number of ether oxygens (including phenoxy) is 1. The normalized spacial score (nSPS) is 11.1. The van der Waals surface area contributed by atoms with Crippen LogP contribution in [0.3, 0.4) is 0 Å². The lowest BCUT2D eigenvalue weighted by atomic mass is 9.98. The Morgan fingerprint density at radius 3 is 2.81 bits per heavy atom. The number of aromatic nitrogens is 3. The average Bonchev–Trinajstić information content (AvgIpc) is 2.86. The molecule has 0 aliphatic carbocycles. The van der Waals surface area contributed by atoms with Crippen LogP contribution in [0, 0.1) is 6.92 Å². The third kappa shape index (κ3) is 4.46. The highest BCUT2D eigenvalue weighted by Crippen LogP contribution is 2.23. The van der Waals surface area contributed by atoms with Gasteiger partial charge in [0.1, 0.15) is 12.4 Å². The van der Waals surface area contributed by atoms with E-state index in [0.29, 0.717) is 24.9 Å². The van der Waals surface area contributed by atoms with Gasteiger partial charge in [0, 0.05) is 18.5 Å². The molecule has 1 aromatic heterocycles. The molecule has 0 aliphatic rings. The van der Waals surface area contributed by atoms with E-state index < -0.39 is 0 Å². The summed E-state index contributed by atoms with van der Waals surface area (Å²) in [6.07, 6.45) is 2.66. The molecular formula is C16H22ClN3O. The number of aryl methyl sites for hydroxylation is 2. The molecule has 0 unspecified atom stereocenters. The van der Waals surface area contributed by atoms with Crippen LogP contribution in [0.5, 0.6) is 5.75 Å². The second-order valence-corrected chi connectivity index (χ2v) is 5.81. The van der Waals surface area contributed by atoms with Crippen LogP contribution in [0.4, 0.5) is 0 Å². The zero-order valence-corrected chi connectivity index (χ0v) is 13.6.